The van der Waals surface area contributed by atoms with Crippen LogP contribution in [0.15, 0.2) is 186 Å². The second kappa shape index (κ2) is 11.6. The molecule has 1 nitrogen and oxygen atoms in total. The third-order valence-electron chi connectivity index (χ3n) is 9.91. The van der Waals surface area contributed by atoms with E-state index in [9.17, 15) is 5.48 Å². The van der Waals surface area contributed by atoms with Gasteiger partial charge in [0.15, 0.2) is 0 Å². The van der Waals surface area contributed by atoms with Crippen molar-refractivity contribution in [2.24, 2.45) is 0 Å². The highest BCUT2D eigenvalue weighted by Crippen LogP contribution is 2.42. The Balaban J connectivity index is 1.24. The van der Waals surface area contributed by atoms with Gasteiger partial charge >= 0.3 is 0 Å². The van der Waals surface area contributed by atoms with Gasteiger partial charge in [-0.2, -0.15) is 0 Å². The van der Waals surface area contributed by atoms with E-state index in [-0.39, 0.29) is 53.4 Å². The molecule has 10 rings (SSSR count). The Kier molecular flexibility index (Phi) is 5.34. The molecule has 10 aromatic rings. The molecule has 0 aliphatic carbocycles. The van der Waals surface area contributed by atoms with Crippen LogP contribution in [0, 0.1) is 0 Å². The van der Waals surface area contributed by atoms with Crippen molar-refractivity contribution in [1.29, 1.82) is 0 Å². The second-order valence-corrected chi connectivity index (χ2v) is 12.7. The summed E-state index contributed by atoms with van der Waals surface area (Å²) >= 11 is 0. The van der Waals surface area contributed by atoms with Crippen molar-refractivity contribution in [2.45, 2.75) is 6.42 Å². The Morgan fingerprint density at radius 2 is 1.04 bits per heavy atom. The quantitative estimate of drug-likeness (QED) is 0.170. The largest absolute Gasteiger partial charge is 0.455 e. The van der Waals surface area contributed by atoms with Crippen LogP contribution in [0.3, 0.4) is 0 Å². The van der Waals surface area contributed by atoms with E-state index in [1.165, 1.54) is 0 Å². The zero-order valence-corrected chi connectivity index (χ0v) is 27.0. The second-order valence-electron chi connectivity index (χ2n) is 12.7. The van der Waals surface area contributed by atoms with E-state index < -0.39 is 0 Å². The first kappa shape index (κ1) is 23.0. The zero-order valence-electron chi connectivity index (χ0n) is 33.0. The van der Waals surface area contributed by atoms with Gasteiger partial charge in [-0.1, -0.05) is 170 Å². The van der Waals surface area contributed by atoms with E-state index in [1.54, 1.807) is 0 Å². The summed E-state index contributed by atoms with van der Waals surface area (Å²) in [5.41, 5.74) is 7.77. The van der Waals surface area contributed by atoms with Crippen LogP contribution in [0.1, 0.15) is 19.4 Å². The van der Waals surface area contributed by atoms with Gasteiger partial charge in [-0.25, -0.2) is 0 Å². The number of hydrogen-bond acceptors (Lipinski definition) is 1. The minimum absolute atomic E-state index is 0.0682. The standard InChI is InChI=1S/C49H32O/c1-3-14-32(15-4-1)38-24-13-25-44-46-31-35(27-29-47(46)50-49(38)44)37-28-26-34(36-18-7-8-19-39(36)37)30-45-40-20-9-11-22-42(40)48(33-16-5-2-6-17-33)43-23-12-10-21-41(43)45/h1-29,31H,30H2/i7D,8D,18D,19D,26D,28D. The topological polar surface area (TPSA) is 13.1 Å². The van der Waals surface area contributed by atoms with Crippen molar-refractivity contribution in [2.75, 3.05) is 0 Å². The molecule has 1 aromatic heterocycles. The van der Waals surface area contributed by atoms with E-state index in [0.29, 0.717) is 22.3 Å². The summed E-state index contributed by atoms with van der Waals surface area (Å²) in [6, 6.07) is 47.0. The lowest BCUT2D eigenvalue weighted by Crippen LogP contribution is -1.97. The number of rotatable bonds is 5. The first-order valence-corrected chi connectivity index (χ1v) is 16.8. The molecule has 1 heterocycles. The van der Waals surface area contributed by atoms with Crippen LogP contribution in [0.5, 0.6) is 0 Å². The summed E-state index contributed by atoms with van der Waals surface area (Å²) in [7, 11) is 0. The molecule has 0 saturated carbocycles. The molecule has 0 fully saturated rings. The molecule has 0 unspecified atom stereocenters. The van der Waals surface area contributed by atoms with Crippen molar-refractivity contribution in [3.8, 4) is 33.4 Å². The lowest BCUT2D eigenvalue weighted by Gasteiger charge is -2.18. The molecule has 0 bridgehead atoms. The highest BCUT2D eigenvalue weighted by molar-refractivity contribution is 6.16. The van der Waals surface area contributed by atoms with E-state index >= 15 is 0 Å². The van der Waals surface area contributed by atoms with Crippen LogP contribution >= 0.6 is 0 Å². The Morgan fingerprint density at radius 1 is 0.420 bits per heavy atom. The highest BCUT2D eigenvalue weighted by Gasteiger charge is 2.18. The summed E-state index contributed by atoms with van der Waals surface area (Å²) in [4.78, 5) is 0. The fourth-order valence-corrected chi connectivity index (χ4v) is 7.64. The van der Waals surface area contributed by atoms with E-state index in [0.717, 1.165) is 65.7 Å². The van der Waals surface area contributed by atoms with Gasteiger partial charge in [0.05, 0.1) is 8.22 Å². The van der Waals surface area contributed by atoms with Gasteiger partial charge in [0.1, 0.15) is 11.2 Å². The van der Waals surface area contributed by atoms with Crippen LogP contribution in [-0.4, -0.2) is 0 Å². The predicted octanol–water partition coefficient (Wildman–Crippen LogP) is 13.6. The molecular formula is C49H32O. The Bertz CT molecular complexity index is 3170. The van der Waals surface area contributed by atoms with Gasteiger partial charge in [0, 0.05) is 16.3 Å². The molecule has 0 amide bonds. The van der Waals surface area contributed by atoms with Crippen LogP contribution in [0.25, 0.3) is 87.6 Å². The van der Waals surface area contributed by atoms with Crippen LogP contribution in [-0.2, 0) is 6.42 Å². The van der Waals surface area contributed by atoms with Crippen LogP contribution in [0.4, 0.5) is 0 Å². The van der Waals surface area contributed by atoms with Crippen LogP contribution < -0.4 is 0 Å². The summed E-state index contributed by atoms with van der Waals surface area (Å²) in [5.74, 6) is 0. The van der Waals surface area contributed by atoms with Crippen LogP contribution in [0.2, 0.25) is 0 Å². The van der Waals surface area contributed by atoms with Gasteiger partial charge in [-0.15, -0.1) is 0 Å². The van der Waals surface area contributed by atoms with Gasteiger partial charge in [0.25, 0.3) is 0 Å². The number of furan rings is 1. The maximum absolute atomic E-state index is 9.63. The molecule has 0 radical (unpaired) electrons. The van der Waals surface area contributed by atoms with Gasteiger partial charge < -0.3 is 4.42 Å². The highest BCUT2D eigenvalue weighted by atomic mass is 16.3. The zero-order chi connectivity index (χ0) is 38.2. The Labute approximate surface area is 299 Å². The SMILES string of the molecule is [2H]c1c([2H])c([2H])c2c(-c3ccc4oc5c(-c6ccccc6)cccc5c4c3)c([2H])c([2H])c(Cc3c4ccccc4c(-c4ccccc4)c4ccccc34)c2c1[2H]. The van der Waals surface area contributed by atoms with Gasteiger partial charge in [0.2, 0.25) is 0 Å². The molecule has 0 atom stereocenters. The summed E-state index contributed by atoms with van der Waals surface area (Å²) in [6.07, 6.45) is 0.188. The van der Waals surface area contributed by atoms with Crippen molar-refractivity contribution in [3.63, 3.8) is 0 Å². The molecule has 234 valence electrons. The third kappa shape index (κ3) is 4.55. The number of benzene rings is 9. The molecule has 0 spiro atoms. The van der Waals surface area contributed by atoms with Crippen molar-refractivity contribution in [3.05, 3.63) is 193 Å². The smallest absolute Gasteiger partial charge is 0.143 e. The van der Waals surface area contributed by atoms with E-state index in [1.807, 2.05) is 109 Å². The lowest BCUT2D eigenvalue weighted by atomic mass is 9.85. The molecule has 0 aliphatic heterocycles. The Morgan fingerprint density at radius 3 is 1.76 bits per heavy atom. The maximum Gasteiger partial charge on any atom is 0.143 e. The molecule has 9 aromatic carbocycles. The number of hydrogen-bond donors (Lipinski definition) is 0. The first-order valence-electron chi connectivity index (χ1n) is 19.8. The minimum atomic E-state index is -0.378. The normalized spacial score (nSPS) is 13.4. The lowest BCUT2D eigenvalue weighted by molar-refractivity contribution is 0.670. The number of para-hydroxylation sites is 1. The monoisotopic (exact) mass is 642 g/mol. The van der Waals surface area contributed by atoms with Crippen molar-refractivity contribution in [1.82, 2.24) is 0 Å². The first-order chi connectivity index (χ1) is 27.3. The van der Waals surface area contributed by atoms with Gasteiger partial charge in [-0.3, -0.25) is 0 Å². The average molecular weight is 643 g/mol. The summed E-state index contributed by atoms with van der Waals surface area (Å²) in [5, 5.41) is 6.27. The molecular weight excluding hydrogens is 605 g/mol. The van der Waals surface area contributed by atoms with E-state index in [2.05, 4.69) is 36.4 Å². The predicted molar refractivity (Wildman–Crippen MR) is 212 cm³/mol. The number of fused-ring (bicyclic) bond motifs is 6. The summed E-state index contributed by atoms with van der Waals surface area (Å²) < 4.78 is 61.8. The maximum atomic E-state index is 9.63. The van der Waals surface area contributed by atoms with Gasteiger partial charge in [-0.05, 0) is 89.8 Å². The fraction of sp³-hybridized carbons (Fsp3) is 0.0204. The summed E-state index contributed by atoms with van der Waals surface area (Å²) in [6.45, 7) is 0. The van der Waals surface area contributed by atoms with Crippen molar-refractivity contribution >= 4 is 54.3 Å². The molecule has 0 aliphatic rings. The third-order valence-corrected chi connectivity index (χ3v) is 9.91. The average Bonchev–Trinajstić information content (AvgIpc) is 3.62. The van der Waals surface area contributed by atoms with Crippen molar-refractivity contribution < 1.29 is 12.6 Å². The Hall–Kier alpha value is -6.44. The molecule has 0 N–H and O–H groups in total. The molecule has 50 heavy (non-hydrogen) atoms. The fourth-order valence-electron chi connectivity index (χ4n) is 7.64. The molecule has 1 heteroatoms. The van der Waals surface area contributed by atoms with E-state index in [4.69, 9.17) is 7.16 Å². The molecule has 0 saturated heterocycles. The minimum Gasteiger partial charge on any atom is -0.455 e.